The van der Waals surface area contributed by atoms with Crippen molar-refractivity contribution in [1.29, 1.82) is 0 Å². The molecule has 0 saturated heterocycles. The van der Waals surface area contributed by atoms with Crippen molar-refractivity contribution in [3.8, 4) is 0 Å². The van der Waals surface area contributed by atoms with E-state index in [1.165, 1.54) is 0 Å². The summed E-state index contributed by atoms with van der Waals surface area (Å²) in [5.74, 6) is 0.0887. The van der Waals surface area contributed by atoms with Crippen molar-refractivity contribution in [1.82, 2.24) is 4.98 Å². The van der Waals surface area contributed by atoms with Gasteiger partial charge >= 0.3 is 0 Å². The molecule has 0 bridgehead atoms. The summed E-state index contributed by atoms with van der Waals surface area (Å²) in [6.45, 7) is 0. The minimum atomic E-state index is -0.302. The number of benzene rings is 1. The molecule has 4 nitrogen and oxygen atoms in total. The molecule has 0 aliphatic carbocycles. The molecule has 18 heavy (non-hydrogen) atoms. The fourth-order valence-electron chi connectivity index (χ4n) is 1.39. The van der Waals surface area contributed by atoms with Crippen molar-refractivity contribution in [3.05, 3.63) is 51.6 Å². The largest absolute Gasteiger partial charge is 0.398 e. The average molecular weight is 327 g/mol. The van der Waals surface area contributed by atoms with Gasteiger partial charge in [0.15, 0.2) is 0 Å². The number of nitrogen functional groups attached to an aromatic ring is 1. The maximum absolute atomic E-state index is 12.0. The average Bonchev–Trinajstić information content (AvgIpc) is 2.32. The lowest BCUT2D eigenvalue weighted by molar-refractivity contribution is 0.102. The van der Waals surface area contributed by atoms with Crippen LogP contribution in [0.25, 0.3) is 0 Å². The monoisotopic (exact) mass is 325 g/mol. The summed E-state index contributed by atoms with van der Waals surface area (Å²) in [4.78, 5) is 16.0. The number of pyridine rings is 1. The van der Waals surface area contributed by atoms with Crippen LogP contribution in [0, 0.1) is 0 Å². The lowest BCUT2D eigenvalue weighted by Crippen LogP contribution is -2.14. The van der Waals surface area contributed by atoms with Gasteiger partial charge < -0.3 is 11.1 Å². The Balaban J connectivity index is 2.25. The number of hydrogen-bond donors (Lipinski definition) is 2. The summed E-state index contributed by atoms with van der Waals surface area (Å²) in [5.41, 5.74) is 6.66. The van der Waals surface area contributed by atoms with E-state index >= 15 is 0 Å². The first kappa shape index (κ1) is 12.9. The molecule has 1 amide bonds. The van der Waals surface area contributed by atoms with Crippen molar-refractivity contribution < 1.29 is 4.79 Å². The second-order valence-corrected chi connectivity index (χ2v) is 4.69. The predicted molar refractivity (Wildman–Crippen MR) is 75.8 cm³/mol. The zero-order valence-corrected chi connectivity index (χ0v) is 11.5. The van der Waals surface area contributed by atoms with Gasteiger partial charge in [-0.05, 0) is 40.2 Å². The number of anilines is 2. The molecule has 0 unspecified atom stereocenters. The van der Waals surface area contributed by atoms with Crippen molar-refractivity contribution >= 4 is 44.9 Å². The minimum Gasteiger partial charge on any atom is -0.398 e. The number of nitrogens with one attached hydrogen (secondary N) is 1. The van der Waals surface area contributed by atoms with Crippen LogP contribution in [0.3, 0.4) is 0 Å². The second-order valence-electron chi connectivity index (χ2n) is 3.51. The predicted octanol–water partition coefficient (Wildman–Crippen LogP) is 3.33. The summed E-state index contributed by atoms with van der Waals surface area (Å²) in [5, 5.41) is 2.97. The Bertz CT molecular complexity index is 604. The van der Waals surface area contributed by atoms with E-state index in [0.717, 1.165) is 0 Å². The fraction of sp³-hybridized carbons (Fsp3) is 0. The third-order valence-electron chi connectivity index (χ3n) is 2.23. The van der Waals surface area contributed by atoms with Crippen LogP contribution in [0.15, 0.2) is 40.9 Å². The Morgan fingerprint density at radius 3 is 2.72 bits per heavy atom. The van der Waals surface area contributed by atoms with Crippen LogP contribution >= 0.6 is 27.5 Å². The van der Waals surface area contributed by atoms with Gasteiger partial charge in [0.1, 0.15) is 11.0 Å². The first-order valence-electron chi connectivity index (χ1n) is 5.06. The Morgan fingerprint density at radius 1 is 1.28 bits per heavy atom. The van der Waals surface area contributed by atoms with Gasteiger partial charge in [0, 0.05) is 5.69 Å². The molecule has 0 spiro atoms. The van der Waals surface area contributed by atoms with E-state index in [-0.39, 0.29) is 5.91 Å². The highest BCUT2D eigenvalue weighted by molar-refractivity contribution is 9.10. The molecule has 2 aromatic rings. The number of nitrogens with two attached hydrogens (primary N) is 1. The lowest BCUT2D eigenvalue weighted by atomic mass is 10.2. The molecule has 3 N–H and O–H groups in total. The molecule has 0 aliphatic rings. The quantitative estimate of drug-likeness (QED) is 0.657. The minimum absolute atomic E-state index is 0.302. The summed E-state index contributed by atoms with van der Waals surface area (Å²) in [6.07, 6.45) is 0. The number of nitrogens with zero attached hydrogens (tertiary/aromatic N) is 1. The Hall–Kier alpha value is -1.59. The molecular formula is C12H9BrClN3O. The van der Waals surface area contributed by atoms with E-state index < -0.39 is 0 Å². The third-order valence-corrected chi connectivity index (χ3v) is 3.33. The van der Waals surface area contributed by atoms with Gasteiger partial charge in [-0.1, -0.05) is 23.7 Å². The number of rotatable bonds is 2. The molecule has 1 aromatic heterocycles. The number of hydrogen-bond acceptors (Lipinski definition) is 3. The van der Waals surface area contributed by atoms with Gasteiger partial charge in [-0.15, -0.1) is 0 Å². The molecule has 0 radical (unpaired) electrons. The molecule has 0 aliphatic heterocycles. The lowest BCUT2D eigenvalue weighted by Gasteiger charge is -2.07. The zero-order chi connectivity index (χ0) is 13.1. The van der Waals surface area contributed by atoms with Crippen LogP contribution in [0.4, 0.5) is 11.5 Å². The summed E-state index contributed by atoms with van der Waals surface area (Å²) < 4.78 is 0.560. The van der Waals surface area contributed by atoms with Crippen molar-refractivity contribution in [2.45, 2.75) is 0 Å². The van der Waals surface area contributed by atoms with E-state index in [4.69, 9.17) is 17.3 Å². The highest BCUT2D eigenvalue weighted by Gasteiger charge is 2.12. The Kier molecular flexibility index (Phi) is 3.84. The Morgan fingerprint density at radius 2 is 2.00 bits per heavy atom. The second kappa shape index (κ2) is 5.37. The van der Waals surface area contributed by atoms with Gasteiger partial charge in [0.25, 0.3) is 5.91 Å². The summed E-state index contributed by atoms with van der Waals surface area (Å²) in [6, 6.07) is 10.1. The smallest absolute Gasteiger partial charge is 0.258 e. The molecule has 92 valence electrons. The molecule has 0 saturated carbocycles. The highest BCUT2D eigenvalue weighted by atomic mass is 79.9. The van der Waals surface area contributed by atoms with Gasteiger partial charge in [-0.3, -0.25) is 4.79 Å². The van der Waals surface area contributed by atoms with Crippen molar-refractivity contribution in [2.24, 2.45) is 0 Å². The standard InChI is InChI=1S/C12H9BrClN3O/c13-11-7(3-1-4-8(11)15)12(18)17-10-6-2-5-9(14)16-10/h1-6H,15H2,(H,16,17,18). The number of halogens is 2. The summed E-state index contributed by atoms with van der Waals surface area (Å²) >= 11 is 9.02. The highest BCUT2D eigenvalue weighted by Crippen LogP contribution is 2.24. The van der Waals surface area contributed by atoms with Crippen LogP contribution in [-0.2, 0) is 0 Å². The molecular weight excluding hydrogens is 318 g/mol. The van der Waals surface area contributed by atoms with Gasteiger partial charge in [-0.25, -0.2) is 4.98 Å². The van der Waals surface area contributed by atoms with E-state index in [2.05, 4.69) is 26.2 Å². The number of carbonyl (C=O) groups excluding carboxylic acids is 1. The molecule has 1 aromatic carbocycles. The molecule has 1 heterocycles. The van der Waals surface area contributed by atoms with Crippen molar-refractivity contribution in [3.63, 3.8) is 0 Å². The van der Waals surface area contributed by atoms with Crippen LogP contribution in [-0.4, -0.2) is 10.9 Å². The van der Waals surface area contributed by atoms with E-state index in [1.54, 1.807) is 36.4 Å². The van der Waals surface area contributed by atoms with Crippen LogP contribution in [0.5, 0.6) is 0 Å². The normalized spacial score (nSPS) is 10.1. The molecule has 0 atom stereocenters. The summed E-state index contributed by atoms with van der Waals surface area (Å²) in [7, 11) is 0. The van der Waals surface area contributed by atoms with Gasteiger partial charge in [-0.2, -0.15) is 0 Å². The van der Waals surface area contributed by atoms with Gasteiger partial charge in [0.05, 0.1) is 10.0 Å². The van der Waals surface area contributed by atoms with Crippen LogP contribution < -0.4 is 11.1 Å². The number of amides is 1. The SMILES string of the molecule is Nc1cccc(C(=O)Nc2cccc(Cl)n2)c1Br. The topological polar surface area (TPSA) is 68.0 Å². The van der Waals surface area contributed by atoms with Crippen molar-refractivity contribution in [2.75, 3.05) is 11.1 Å². The zero-order valence-electron chi connectivity index (χ0n) is 9.15. The van der Waals surface area contributed by atoms with Crippen LogP contribution in [0.2, 0.25) is 5.15 Å². The van der Waals surface area contributed by atoms with E-state index in [0.29, 0.717) is 26.7 Å². The number of carbonyl (C=O) groups is 1. The first-order chi connectivity index (χ1) is 8.58. The van der Waals surface area contributed by atoms with E-state index in [9.17, 15) is 4.79 Å². The van der Waals surface area contributed by atoms with E-state index in [1.807, 2.05) is 0 Å². The maximum Gasteiger partial charge on any atom is 0.258 e. The molecule has 0 fully saturated rings. The number of aromatic nitrogens is 1. The third kappa shape index (κ3) is 2.80. The van der Waals surface area contributed by atoms with Gasteiger partial charge in [0.2, 0.25) is 0 Å². The molecule has 6 heteroatoms. The Labute approximate surface area is 117 Å². The van der Waals surface area contributed by atoms with Crippen LogP contribution in [0.1, 0.15) is 10.4 Å². The maximum atomic E-state index is 12.0. The molecule has 2 rings (SSSR count). The fourth-order valence-corrected chi connectivity index (χ4v) is 1.99. The first-order valence-corrected chi connectivity index (χ1v) is 6.23.